The smallest absolute Gasteiger partial charge is 0.240 e. The van der Waals surface area contributed by atoms with Gasteiger partial charge in [-0.15, -0.1) is 10.2 Å². The van der Waals surface area contributed by atoms with Gasteiger partial charge in [0.15, 0.2) is 0 Å². The normalized spacial score (nSPS) is 24.4. The van der Waals surface area contributed by atoms with Crippen molar-refractivity contribution in [1.82, 2.24) is 15.1 Å². The molecular formula is C12H20N4O2S. The molecule has 1 aliphatic heterocycles. The van der Waals surface area contributed by atoms with E-state index in [0.29, 0.717) is 11.7 Å². The molecule has 1 aromatic rings. The molecule has 2 heterocycles. The highest BCUT2D eigenvalue weighted by molar-refractivity contribution is 7.15. The summed E-state index contributed by atoms with van der Waals surface area (Å²) in [4.78, 5) is 14.0. The number of carbonyl (C=O) groups excluding carboxylic acids is 1. The van der Waals surface area contributed by atoms with Gasteiger partial charge in [-0.05, 0) is 20.3 Å². The van der Waals surface area contributed by atoms with Gasteiger partial charge in [-0.2, -0.15) is 0 Å². The number of nitrogens with one attached hydrogen (secondary N) is 1. The first kappa shape index (κ1) is 14.4. The van der Waals surface area contributed by atoms with Crippen LogP contribution in [0.2, 0.25) is 0 Å². The van der Waals surface area contributed by atoms with Crippen LogP contribution in [0.5, 0.6) is 0 Å². The summed E-state index contributed by atoms with van der Waals surface area (Å²) in [6, 6.07) is 0. The topological polar surface area (TPSA) is 67.4 Å². The maximum atomic E-state index is 11.9. The Morgan fingerprint density at radius 3 is 2.68 bits per heavy atom. The number of aromatic nitrogens is 2. The van der Waals surface area contributed by atoms with Crippen molar-refractivity contribution >= 4 is 22.4 Å². The minimum absolute atomic E-state index is 0.0416. The van der Waals surface area contributed by atoms with Crippen molar-refractivity contribution in [3.8, 4) is 0 Å². The molecule has 0 unspecified atom stereocenters. The molecule has 2 atom stereocenters. The molecule has 1 amide bonds. The van der Waals surface area contributed by atoms with E-state index in [1.807, 2.05) is 20.8 Å². The molecular weight excluding hydrogens is 264 g/mol. The van der Waals surface area contributed by atoms with Crippen LogP contribution < -0.4 is 5.32 Å². The van der Waals surface area contributed by atoms with E-state index in [4.69, 9.17) is 4.74 Å². The van der Waals surface area contributed by atoms with Gasteiger partial charge in [-0.25, -0.2) is 0 Å². The van der Waals surface area contributed by atoms with Gasteiger partial charge in [0.2, 0.25) is 11.0 Å². The molecule has 2 rings (SSSR count). The zero-order valence-electron chi connectivity index (χ0n) is 11.5. The third kappa shape index (κ3) is 4.22. The molecule has 1 aliphatic rings. The van der Waals surface area contributed by atoms with Crippen LogP contribution >= 0.6 is 11.3 Å². The Hall–Kier alpha value is -1.05. The number of nitrogens with zero attached hydrogens (tertiary/aromatic N) is 3. The Kier molecular flexibility index (Phi) is 4.84. The van der Waals surface area contributed by atoms with Gasteiger partial charge in [0.1, 0.15) is 5.01 Å². The summed E-state index contributed by atoms with van der Waals surface area (Å²) in [6.07, 6.45) is 1.18. The number of aryl methyl sites for hydroxylation is 1. The van der Waals surface area contributed by atoms with Crippen molar-refractivity contribution in [3.63, 3.8) is 0 Å². The standard InChI is InChI=1S/C12H20N4O2S/c1-4-11-14-15-12(19-11)13-10(17)7-16-5-8(2)18-9(3)6-16/h8-9H,4-7H2,1-3H3,(H,13,15,17)/t8-,9-/m0/s1. The van der Waals surface area contributed by atoms with Gasteiger partial charge < -0.3 is 4.74 Å². The second-order valence-corrected chi connectivity index (χ2v) is 5.92. The van der Waals surface area contributed by atoms with Gasteiger partial charge in [-0.3, -0.25) is 15.0 Å². The van der Waals surface area contributed by atoms with Crippen molar-refractivity contribution in [2.75, 3.05) is 25.0 Å². The van der Waals surface area contributed by atoms with Crippen LogP contribution in [-0.2, 0) is 16.0 Å². The largest absolute Gasteiger partial charge is 0.373 e. The van der Waals surface area contributed by atoms with E-state index >= 15 is 0 Å². The lowest BCUT2D eigenvalue weighted by atomic mass is 10.2. The molecule has 0 spiro atoms. The van der Waals surface area contributed by atoms with Gasteiger partial charge in [0.05, 0.1) is 18.8 Å². The lowest BCUT2D eigenvalue weighted by Crippen LogP contribution is -2.48. The molecule has 0 aliphatic carbocycles. The third-order valence-corrected chi connectivity index (χ3v) is 3.86. The van der Waals surface area contributed by atoms with Gasteiger partial charge in [0.25, 0.3) is 0 Å². The first-order valence-corrected chi connectivity index (χ1v) is 7.38. The summed E-state index contributed by atoms with van der Waals surface area (Å²) in [6.45, 7) is 8.02. The Balaban J connectivity index is 1.83. The molecule has 1 fully saturated rings. The second-order valence-electron chi connectivity index (χ2n) is 4.85. The fourth-order valence-electron chi connectivity index (χ4n) is 2.22. The molecule has 6 nitrogen and oxygen atoms in total. The fraction of sp³-hybridized carbons (Fsp3) is 0.750. The fourth-order valence-corrected chi connectivity index (χ4v) is 2.92. The first-order chi connectivity index (χ1) is 9.06. The van der Waals surface area contributed by atoms with E-state index < -0.39 is 0 Å². The summed E-state index contributed by atoms with van der Waals surface area (Å²) in [5, 5.41) is 12.2. The molecule has 0 radical (unpaired) electrons. The summed E-state index contributed by atoms with van der Waals surface area (Å²) < 4.78 is 5.64. The molecule has 106 valence electrons. The average Bonchev–Trinajstić information content (AvgIpc) is 2.74. The predicted octanol–water partition coefficient (Wildman–Crippen LogP) is 1.15. The van der Waals surface area contributed by atoms with Crippen LogP contribution in [-0.4, -0.2) is 52.8 Å². The monoisotopic (exact) mass is 284 g/mol. The molecule has 1 N–H and O–H groups in total. The van der Waals surface area contributed by atoms with Crippen molar-refractivity contribution in [2.45, 2.75) is 39.4 Å². The molecule has 0 saturated carbocycles. The van der Waals surface area contributed by atoms with Crippen molar-refractivity contribution < 1.29 is 9.53 Å². The van der Waals surface area contributed by atoms with Crippen LogP contribution in [0, 0.1) is 0 Å². The van der Waals surface area contributed by atoms with Crippen LogP contribution in [0.25, 0.3) is 0 Å². The first-order valence-electron chi connectivity index (χ1n) is 6.57. The van der Waals surface area contributed by atoms with E-state index in [1.54, 1.807) is 0 Å². The predicted molar refractivity (Wildman–Crippen MR) is 74.4 cm³/mol. The van der Waals surface area contributed by atoms with Crippen molar-refractivity contribution in [3.05, 3.63) is 5.01 Å². The van der Waals surface area contributed by atoms with E-state index in [9.17, 15) is 4.79 Å². The molecule has 0 bridgehead atoms. The molecule has 1 saturated heterocycles. The third-order valence-electron chi connectivity index (χ3n) is 2.88. The number of ether oxygens (including phenoxy) is 1. The minimum atomic E-state index is -0.0416. The lowest BCUT2D eigenvalue weighted by Gasteiger charge is -2.34. The minimum Gasteiger partial charge on any atom is -0.373 e. The Bertz CT molecular complexity index is 427. The van der Waals surface area contributed by atoms with Gasteiger partial charge in [-0.1, -0.05) is 18.3 Å². The molecule has 1 aromatic heterocycles. The van der Waals surface area contributed by atoms with Crippen LogP contribution in [0.1, 0.15) is 25.8 Å². The Labute approximate surface area is 117 Å². The number of hydrogen-bond donors (Lipinski definition) is 1. The quantitative estimate of drug-likeness (QED) is 0.898. The molecule has 0 aromatic carbocycles. The zero-order valence-corrected chi connectivity index (χ0v) is 12.4. The van der Waals surface area contributed by atoms with E-state index in [0.717, 1.165) is 24.5 Å². The van der Waals surface area contributed by atoms with Crippen LogP contribution in [0.4, 0.5) is 5.13 Å². The Morgan fingerprint density at radius 2 is 2.11 bits per heavy atom. The highest BCUT2D eigenvalue weighted by Crippen LogP contribution is 2.16. The number of morpholine rings is 1. The number of carbonyl (C=O) groups is 1. The Morgan fingerprint density at radius 1 is 1.42 bits per heavy atom. The van der Waals surface area contributed by atoms with E-state index in [2.05, 4.69) is 20.4 Å². The van der Waals surface area contributed by atoms with Crippen LogP contribution in [0.3, 0.4) is 0 Å². The van der Waals surface area contributed by atoms with E-state index in [-0.39, 0.29) is 18.1 Å². The SMILES string of the molecule is CCc1nnc(NC(=O)CN2C[C@H](C)O[C@@H](C)C2)s1. The summed E-state index contributed by atoms with van der Waals surface area (Å²) in [7, 11) is 0. The number of anilines is 1. The zero-order chi connectivity index (χ0) is 13.8. The van der Waals surface area contributed by atoms with Crippen molar-refractivity contribution in [1.29, 1.82) is 0 Å². The number of rotatable bonds is 4. The molecule has 7 heteroatoms. The molecule has 19 heavy (non-hydrogen) atoms. The van der Waals surface area contributed by atoms with Crippen molar-refractivity contribution in [2.24, 2.45) is 0 Å². The van der Waals surface area contributed by atoms with Gasteiger partial charge in [0, 0.05) is 13.1 Å². The average molecular weight is 284 g/mol. The number of amides is 1. The summed E-state index contributed by atoms with van der Waals surface area (Å²) in [5.74, 6) is -0.0416. The number of hydrogen-bond acceptors (Lipinski definition) is 6. The maximum absolute atomic E-state index is 11.9. The highest BCUT2D eigenvalue weighted by atomic mass is 32.1. The highest BCUT2D eigenvalue weighted by Gasteiger charge is 2.23. The summed E-state index contributed by atoms with van der Waals surface area (Å²) in [5.41, 5.74) is 0. The lowest BCUT2D eigenvalue weighted by molar-refractivity contribution is -0.121. The maximum Gasteiger partial charge on any atom is 0.240 e. The summed E-state index contributed by atoms with van der Waals surface area (Å²) >= 11 is 1.43. The second kappa shape index (κ2) is 6.40. The van der Waals surface area contributed by atoms with Gasteiger partial charge >= 0.3 is 0 Å². The van der Waals surface area contributed by atoms with Crippen LogP contribution in [0.15, 0.2) is 0 Å². The van der Waals surface area contributed by atoms with E-state index in [1.165, 1.54) is 11.3 Å².